The van der Waals surface area contributed by atoms with Crippen molar-refractivity contribution in [2.45, 2.75) is 44.1 Å². The molecule has 2 heterocycles. The van der Waals surface area contributed by atoms with Crippen LogP contribution in [0.1, 0.15) is 53.1 Å². The Morgan fingerprint density at radius 3 is 2.66 bits per heavy atom. The first-order chi connectivity index (χ1) is 17.1. The Kier molecular flexibility index (Phi) is 4.34. The fourth-order valence-electron chi connectivity index (χ4n) is 3.46. The molecule has 166 valence electrons. The van der Waals surface area contributed by atoms with E-state index in [1.165, 1.54) is 24.3 Å². The van der Waals surface area contributed by atoms with Gasteiger partial charge in [-0.1, -0.05) is 35.9 Å². The lowest BCUT2D eigenvalue weighted by molar-refractivity contribution is -0.144. The molecule has 32 heavy (non-hydrogen) atoms. The van der Waals surface area contributed by atoms with Crippen molar-refractivity contribution >= 4 is 35.1 Å². The Balaban J connectivity index is 1.58. The minimum atomic E-state index is -3.98. The molecule has 2 atom stereocenters. The quantitative estimate of drug-likeness (QED) is 0.663. The number of alkyl halides is 2. The summed E-state index contributed by atoms with van der Waals surface area (Å²) in [5.74, 6) is -8.66. The maximum atomic E-state index is 14.7. The normalized spacial score (nSPS) is 25.2. The van der Waals surface area contributed by atoms with Gasteiger partial charge in [-0.2, -0.15) is 8.78 Å². The molecular formula is C23H19ClF2N2O4. The third-order valence-electron chi connectivity index (χ3n) is 5.13. The van der Waals surface area contributed by atoms with Crippen LogP contribution in [0, 0.1) is 0 Å². The molecule has 1 saturated heterocycles. The van der Waals surface area contributed by atoms with Crippen molar-refractivity contribution in [1.29, 1.82) is 0 Å². The average molecular weight is 466 g/mol. The fraction of sp³-hybridized carbons (Fsp3) is 0.304. The lowest BCUT2D eigenvalue weighted by atomic mass is 9.97. The number of Topliss-reactive ketones (excluding diaryl/α,β-unsaturated/α-hetero) is 1. The monoisotopic (exact) mass is 465 g/mol. The van der Waals surface area contributed by atoms with Gasteiger partial charge in [0.1, 0.15) is 6.04 Å². The number of aryl methyl sites for hydroxylation is 1. The number of carbonyl (C=O) groups is 4. The van der Waals surface area contributed by atoms with Gasteiger partial charge in [0, 0.05) is 42.4 Å². The Hall–Kier alpha value is -3.13. The molecule has 3 amide bonds. The summed E-state index contributed by atoms with van der Waals surface area (Å²) >= 11 is 5.70. The summed E-state index contributed by atoms with van der Waals surface area (Å²) < 4.78 is 69.9. The van der Waals surface area contributed by atoms with Crippen molar-refractivity contribution in [1.82, 2.24) is 10.2 Å². The average Bonchev–Trinajstić information content (AvgIpc) is 3.12. The van der Waals surface area contributed by atoms with Gasteiger partial charge in [-0.05, 0) is 42.1 Å². The molecule has 9 heteroatoms. The van der Waals surface area contributed by atoms with Crippen LogP contribution in [0.25, 0.3) is 0 Å². The Morgan fingerprint density at radius 2 is 1.94 bits per heavy atom. The molecule has 2 aromatic rings. The van der Waals surface area contributed by atoms with Crippen LogP contribution in [0.4, 0.5) is 8.78 Å². The van der Waals surface area contributed by atoms with Gasteiger partial charge in [-0.3, -0.25) is 24.5 Å². The largest absolute Gasteiger partial charge is 0.330 e. The van der Waals surface area contributed by atoms with Crippen LogP contribution in [-0.4, -0.2) is 34.4 Å². The van der Waals surface area contributed by atoms with Crippen LogP contribution >= 0.6 is 11.6 Å². The lowest BCUT2D eigenvalue weighted by Crippen LogP contribution is -2.52. The standard InChI is InChI=1S/C23H19ClF2N2O4/c24-16-5-3-15(4-6-16)23(25,26)19(29)9-2-13-1-7-17-14(11-13)12-28(22(17)32)18-8-10-20(30)27-21(18)31/h1,3-7,11,18H,2,8-10,12H2,(H,27,30,31)/i2D2,8D2,10D. The van der Waals surface area contributed by atoms with E-state index in [-0.39, 0.29) is 28.3 Å². The third kappa shape index (κ3) is 4.14. The van der Waals surface area contributed by atoms with Crippen molar-refractivity contribution in [3.05, 3.63) is 69.7 Å². The smallest absolute Gasteiger partial charge is 0.322 e. The first-order valence-electron chi connectivity index (χ1n) is 12.0. The molecule has 0 radical (unpaired) electrons. The van der Waals surface area contributed by atoms with Crippen LogP contribution in [-0.2, 0) is 33.2 Å². The number of ketones is 1. The Morgan fingerprint density at radius 1 is 1.22 bits per heavy atom. The summed E-state index contributed by atoms with van der Waals surface area (Å²) in [5, 5.41) is 2.06. The highest BCUT2D eigenvalue weighted by Gasteiger charge is 2.41. The molecule has 4 rings (SSSR count). The van der Waals surface area contributed by atoms with Gasteiger partial charge in [0.25, 0.3) is 5.91 Å². The zero-order chi connectivity index (χ0) is 27.5. The number of rotatable bonds is 6. The molecule has 0 aromatic heterocycles. The van der Waals surface area contributed by atoms with E-state index in [0.717, 1.165) is 23.1 Å². The number of hydrogen-bond acceptors (Lipinski definition) is 4. The molecule has 2 aromatic carbocycles. The number of nitrogens with one attached hydrogen (secondary N) is 1. The summed E-state index contributed by atoms with van der Waals surface area (Å²) in [7, 11) is 0. The Labute approximate surface area is 194 Å². The minimum Gasteiger partial charge on any atom is -0.322 e. The van der Waals surface area contributed by atoms with E-state index in [9.17, 15) is 28.0 Å². The summed E-state index contributed by atoms with van der Waals surface area (Å²) in [5.41, 5.74) is -0.630. The summed E-state index contributed by atoms with van der Waals surface area (Å²) in [6.07, 6.45) is -8.41. The Bertz CT molecular complexity index is 1320. The number of hydrogen-bond donors (Lipinski definition) is 1. The van der Waals surface area contributed by atoms with E-state index in [1.54, 1.807) is 0 Å². The SMILES string of the molecule is [2H]C1C(=O)NC(=O)C(N2Cc3cc(C([2H])([2H])CC(=O)C(F)(F)c4ccc(Cl)cc4)ccc3C2=O)C1([2H])[2H]. The van der Waals surface area contributed by atoms with E-state index in [0.29, 0.717) is 0 Å². The van der Waals surface area contributed by atoms with Crippen LogP contribution in [0.15, 0.2) is 42.5 Å². The maximum Gasteiger partial charge on any atom is 0.330 e. The molecule has 2 unspecified atom stereocenters. The van der Waals surface area contributed by atoms with E-state index >= 15 is 0 Å². The van der Waals surface area contributed by atoms with Crippen LogP contribution in [0.3, 0.4) is 0 Å². The second-order valence-corrected chi connectivity index (χ2v) is 7.67. The van der Waals surface area contributed by atoms with E-state index in [4.69, 9.17) is 18.5 Å². The number of nitrogens with zero attached hydrogens (tertiary/aromatic N) is 1. The molecule has 1 N–H and O–H groups in total. The lowest BCUT2D eigenvalue weighted by Gasteiger charge is -2.29. The van der Waals surface area contributed by atoms with Gasteiger partial charge >= 0.3 is 5.92 Å². The van der Waals surface area contributed by atoms with Gasteiger partial charge in [-0.25, -0.2) is 0 Å². The summed E-state index contributed by atoms with van der Waals surface area (Å²) in [6.45, 7) is -0.356. The second kappa shape index (κ2) is 8.43. The maximum absolute atomic E-state index is 14.7. The molecule has 2 aliphatic rings. The van der Waals surface area contributed by atoms with Crippen molar-refractivity contribution in [3.8, 4) is 0 Å². The molecule has 0 aliphatic carbocycles. The number of halogens is 3. The molecule has 0 spiro atoms. The third-order valence-corrected chi connectivity index (χ3v) is 5.38. The number of piperidine rings is 1. The predicted molar refractivity (Wildman–Crippen MR) is 111 cm³/mol. The molecule has 1 fully saturated rings. The minimum absolute atomic E-state index is 0.0133. The van der Waals surface area contributed by atoms with Crippen molar-refractivity contribution in [2.75, 3.05) is 0 Å². The van der Waals surface area contributed by atoms with Gasteiger partial charge in [0.2, 0.25) is 17.6 Å². The van der Waals surface area contributed by atoms with Gasteiger partial charge in [-0.15, -0.1) is 0 Å². The van der Waals surface area contributed by atoms with E-state index in [2.05, 4.69) is 0 Å². The van der Waals surface area contributed by atoms with Gasteiger partial charge < -0.3 is 4.90 Å². The molecule has 6 nitrogen and oxygen atoms in total. The topological polar surface area (TPSA) is 83.6 Å². The zero-order valence-corrected chi connectivity index (χ0v) is 17.1. The number of imide groups is 1. The highest BCUT2D eigenvalue weighted by Crippen LogP contribution is 2.32. The second-order valence-electron chi connectivity index (χ2n) is 7.23. The van der Waals surface area contributed by atoms with Gasteiger partial charge in [0.05, 0.1) is 0 Å². The number of carbonyl (C=O) groups excluding carboxylic acids is 4. The summed E-state index contributed by atoms with van der Waals surface area (Å²) in [6, 6.07) is 6.06. The highest BCUT2D eigenvalue weighted by molar-refractivity contribution is 6.30. The zero-order valence-electron chi connectivity index (χ0n) is 21.3. The molecule has 2 aliphatic heterocycles. The summed E-state index contributed by atoms with van der Waals surface area (Å²) in [4.78, 5) is 50.3. The van der Waals surface area contributed by atoms with Crippen LogP contribution < -0.4 is 5.32 Å². The van der Waals surface area contributed by atoms with Crippen LogP contribution in [0.2, 0.25) is 5.02 Å². The number of benzene rings is 2. The number of fused-ring (bicyclic) bond motifs is 1. The van der Waals surface area contributed by atoms with Crippen molar-refractivity contribution < 1.29 is 34.8 Å². The first-order valence-corrected chi connectivity index (χ1v) is 9.83. The van der Waals surface area contributed by atoms with E-state index < -0.39 is 66.6 Å². The first kappa shape index (κ1) is 16.5. The molecule has 0 bridgehead atoms. The molecule has 0 saturated carbocycles. The fourth-order valence-corrected chi connectivity index (χ4v) is 3.59. The van der Waals surface area contributed by atoms with Gasteiger partial charge in [0.15, 0.2) is 0 Å². The highest BCUT2D eigenvalue weighted by atomic mass is 35.5. The predicted octanol–water partition coefficient (Wildman–Crippen LogP) is 3.39. The van der Waals surface area contributed by atoms with Crippen molar-refractivity contribution in [3.63, 3.8) is 0 Å². The molecular weight excluding hydrogens is 442 g/mol. The van der Waals surface area contributed by atoms with Crippen LogP contribution in [0.5, 0.6) is 0 Å². The van der Waals surface area contributed by atoms with Crippen molar-refractivity contribution in [2.24, 2.45) is 0 Å². The van der Waals surface area contributed by atoms with E-state index in [1.807, 2.05) is 5.32 Å². The number of amides is 3.